The highest BCUT2D eigenvalue weighted by Gasteiger charge is 2.55. The maximum Gasteiger partial charge on any atom is 0.352 e. The Balaban J connectivity index is 1.54. The fraction of sp³-hybridized carbons (Fsp3) is 0.412. The Labute approximate surface area is 205 Å². The average molecular weight is 526 g/mol. The number of nitrogen functional groups attached to an aromatic ring is 1. The molecule has 1 saturated heterocycles. The zero-order valence-corrected chi connectivity index (χ0v) is 20.5. The molecule has 4 heterocycles. The largest absolute Gasteiger partial charge is 0.477 e. The minimum absolute atomic E-state index is 0.0903. The number of aromatic nitrogens is 5. The fourth-order valence-electron chi connectivity index (χ4n) is 3.43. The number of nitrogens with two attached hydrogens (primary N) is 1. The minimum Gasteiger partial charge on any atom is -0.477 e. The molecule has 17 heteroatoms. The minimum atomic E-state index is -1.22. The fourth-order valence-corrected chi connectivity index (χ4v) is 6.52. The van der Waals surface area contributed by atoms with Crippen LogP contribution in [0.2, 0.25) is 0 Å². The summed E-state index contributed by atoms with van der Waals surface area (Å²) < 4.78 is 1.48. The summed E-state index contributed by atoms with van der Waals surface area (Å²) in [7, 11) is 2.95. The van der Waals surface area contributed by atoms with Crippen LogP contribution in [0.1, 0.15) is 12.6 Å². The third-order valence-electron chi connectivity index (χ3n) is 5.01. The molecule has 2 aliphatic rings. The molecule has 1 unspecified atom stereocenters. The number of carbonyl (C=O) groups excluding carboxylic acids is 2. The molecule has 2 aromatic heterocycles. The van der Waals surface area contributed by atoms with Gasteiger partial charge < -0.3 is 21.0 Å². The molecule has 0 radical (unpaired) electrons. The Kier molecular flexibility index (Phi) is 6.76. The summed E-state index contributed by atoms with van der Waals surface area (Å²) in [5.74, 6) is -2.16. The van der Waals surface area contributed by atoms with E-state index in [0.29, 0.717) is 10.7 Å². The molecule has 14 nitrogen and oxygen atoms in total. The molecular weight excluding hydrogens is 506 g/mol. The Bertz CT molecular complexity index is 1210. The Hall–Kier alpha value is -3.18. The van der Waals surface area contributed by atoms with Gasteiger partial charge in [-0.1, -0.05) is 16.9 Å². The van der Waals surface area contributed by atoms with Gasteiger partial charge in [-0.15, -0.1) is 28.2 Å². The molecule has 0 aliphatic carbocycles. The number of hydrogen-bond acceptors (Lipinski definition) is 13. The molecule has 2 amide bonds. The van der Waals surface area contributed by atoms with Crippen molar-refractivity contribution in [3.8, 4) is 0 Å². The monoisotopic (exact) mass is 525 g/mol. The summed E-state index contributed by atoms with van der Waals surface area (Å²) in [6.45, 7) is 1.85. The highest BCUT2D eigenvalue weighted by molar-refractivity contribution is 8.01. The van der Waals surface area contributed by atoms with E-state index in [2.05, 4.69) is 31.0 Å². The lowest BCUT2D eigenvalue weighted by Gasteiger charge is -2.51. The lowest BCUT2D eigenvalue weighted by atomic mass is 10.0. The van der Waals surface area contributed by atoms with E-state index >= 15 is 0 Å². The van der Waals surface area contributed by atoms with Crippen molar-refractivity contribution < 1.29 is 24.3 Å². The van der Waals surface area contributed by atoms with Gasteiger partial charge in [-0.2, -0.15) is 0 Å². The predicted molar refractivity (Wildman–Crippen MR) is 124 cm³/mol. The van der Waals surface area contributed by atoms with Crippen LogP contribution >= 0.6 is 34.9 Å². The number of thiazole rings is 1. The van der Waals surface area contributed by atoms with Crippen LogP contribution in [0.5, 0.6) is 0 Å². The van der Waals surface area contributed by atoms with Crippen molar-refractivity contribution >= 4 is 63.5 Å². The topological polar surface area (TPSA) is 191 Å². The second-order valence-corrected chi connectivity index (χ2v) is 10.4. The number of anilines is 1. The number of nitrogens with one attached hydrogen (secondary N) is 1. The van der Waals surface area contributed by atoms with Gasteiger partial charge in [0.2, 0.25) is 5.16 Å². The van der Waals surface area contributed by atoms with E-state index < -0.39 is 29.2 Å². The van der Waals surface area contributed by atoms with Crippen molar-refractivity contribution in [1.82, 2.24) is 35.4 Å². The highest BCUT2D eigenvalue weighted by atomic mass is 32.2. The number of aliphatic carboxylic acids is 1. The van der Waals surface area contributed by atoms with Crippen LogP contribution < -0.4 is 11.1 Å². The Morgan fingerprint density at radius 2 is 2.21 bits per heavy atom. The van der Waals surface area contributed by atoms with Crippen molar-refractivity contribution in [3.63, 3.8) is 0 Å². The van der Waals surface area contributed by atoms with E-state index in [1.54, 1.807) is 12.4 Å². The summed E-state index contributed by atoms with van der Waals surface area (Å²) >= 11 is 3.78. The van der Waals surface area contributed by atoms with Gasteiger partial charge in [0.25, 0.3) is 11.8 Å². The standard InChI is InChI=1S/C17H19N9O5S3/c1-6-7(4-33-17-21-23-24-25(17)2)11(15(29)30)26-13(28)10(14(26)34-6)20-12(27)9(22-31-3)8-5-32-16(18)19-8/h5-6,10,14H,4H2,1-3H3,(H2,18,19)(H,20,27)(H,29,30)/t6-,10?,14-/m0/s1. The number of thioether (sulfide) groups is 2. The number of β-lactam (4-membered cyclic amide) rings is 1. The van der Waals surface area contributed by atoms with Crippen molar-refractivity contribution in [1.29, 1.82) is 0 Å². The van der Waals surface area contributed by atoms with Crippen molar-refractivity contribution in [3.05, 3.63) is 22.3 Å². The van der Waals surface area contributed by atoms with Crippen LogP contribution in [0.3, 0.4) is 0 Å². The van der Waals surface area contributed by atoms with Gasteiger partial charge in [-0.25, -0.2) is 14.5 Å². The molecule has 3 atom stereocenters. The number of nitrogens with zero attached hydrogens (tertiary/aromatic N) is 7. The first-order chi connectivity index (χ1) is 16.2. The van der Waals surface area contributed by atoms with E-state index in [1.165, 1.54) is 40.2 Å². The predicted octanol–water partition coefficient (Wildman–Crippen LogP) is -0.481. The quantitative estimate of drug-likeness (QED) is 0.174. The van der Waals surface area contributed by atoms with Crippen LogP contribution in [0.4, 0.5) is 5.13 Å². The van der Waals surface area contributed by atoms with Crippen molar-refractivity contribution in [2.45, 2.75) is 28.7 Å². The number of amides is 2. The normalized spacial score (nSPS) is 22.3. The molecule has 0 spiro atoms. The molecule has 4 N–H and O–H groups in total. The molecule has 2 aliphatic heterocycles. The van der Waals surface area contributed by atoms with Crippen LogP contribution in [0.15, 0.2) is 27.0 Å². The van der Waals surface area contributed by atoms with Crippen molar-refractivity contribution in [2.24, 2.45) is 12.2 Å². The molecule has 2 aromatic rings. The van der Waals surface area contributed by atoms with Crippen LogP contribution in [-0.2, 0) is 26.3 Å². The molecule has 180 valence electrons. The summed E-state index contributed by atoms with van der Waals surface area (Å²) in [5, 5.41) is 28.9. The molecule has 4 rings (SSSR count). The summed E-state index contributed by atoms with van der Waals surface area (Å²) in [6, 6.07) is -0.940. The van der Waals surface area contributed by atoms with Gasteiger partial charge >= 0.3 is 5.97 Å². The van der Waals surface area contributed by atoms with Crippen LogP contribution in [0.25, 0.3) is 0 Å². The Morgan fingerprint density at radius 3 is 2.79 bits per heavy atom. The number of oxime groups is 1. The molecule has 34 heavy (non-hydrogen) atoms. The van der Waals surface area contributed by atoms with Gasteiger partial charge in [0.15, 0.2) is 10.8 Å². The first kappa shape index (κ1) is 24.0. The number of tetrazole rings is 1. The number of fused-ring (bicyclic) bond motifs is 1. The summed E-state index contributed by atoms with van der Waals surface area (Å²) in [5.41, 5.74) is 6.18. The number of carboxylic acids is 1. The van der Waals surface area contributed by atoms with Gasteiger partial charge in [0.1, 0.15) is 29.9 Å². The van der Waals surface area contributed by atoms with Gasteiger partial charge in [0.05, 0.1) is 0 Å². The third kappa shape index (κ3) is 4.32. The van der Waals surface area contributed by atoms with Crippen molar-refractivity contribution in [2.75, 3.05) is 18.6 Å². The van der Waals surface area contributed by atoms with Crippen LogP contribution in [-0.4, -0.2) is 88.2 Å². The zero-order chi connectivity index (χ0) is 24.6. The van der Waals surface area contributed by atoms with Crippen LogP contribution in [0, 0.1) is 0 Å². The number of aryl methyl sites for hydroxylation is 1. The lowest BCUT2D eigenvalue weighted by molar-refractivity contribution is -0.150. The smallest absolute Gasteiger partial charge is 0.352 e. The lowest BCUT2D eigenvalue weighted by Crippen LogP contribution is -2.71. The second-order valence-electron chi connectivity index (χ2n) is 7.07. The first-order valence-corrected chi connectivity index (χ1v) is 12.5. The first-order valence-electron chi connectivity index (χ1n) is 9.66. The number of rotatable bonds is 8. The molecule has 0 bridgehead atoms. The SMILES string of the molecule is CON=C(C(=O)NC1C(=O)N2C(C(=O)O)=C(CSc3nnnn3C)[C@H](C)S[C@@H]12)c1csc(N)n1. The highest BCUT2D eigenvalue weighted by Crippen LogP contribution is 2.45. The molecule has 0 aromatic carbocycles. The number of carbonyl (C=O) groups is 3. The maximum absolute atomic E-state index is 13.0. The van der Waals surface area contributed by atoms with E-state index in [4.69, 9.17) is 10.6 Å². The van der Waals surface area contributed by atoms with E-state index in [-0.39, 0.29) is 33.2 Å². The summed E-state index contributed by atoms with van der Waals surface area (Å²) in [6.07, 6.45) is 0. The number of hydrogen-bond donors (Lipinski definition) is 3. The van der Waals surface area contributed by atoms with E-state index in [0.717, 1.165) is 11.3 Å². The van der Waals surface area contributed by atoms with Gasteiger partial charge in [-0.3, -0.25) is 14.5 Å². The molecule has 1 fully saturated rings. The zero-order valence-electron chi connectivity index (χ0n) is 18.0. The molecule has 0 saturated carbocycles. The number of carboxylic acid groups (broad SMARTS) is 1. The van der Waals surface area contributed by atoms with Gasteiger partial charge in [0, 0.05) is 23.4 Å². The van der Waals surface area contributed by atoms with E-state index in [9.17, 15) is 19.5 Å². The van der Waals surface area contributed by atoms with E-state index in [1.807, 2.05) is 6.92 Å². The Morgan fingerprint density at radius 1 is 1.44 bits per heavy atom. The average Bonchev–Trinajstić information content (AvgIpc) is 3.41. The third-order valence-corrected chi connectivity index (χ3v) is 8.20. The summed E-state index contributed by atoms with van der Waals surface area (Å²) in [4.78, 5) is 47.9. The molecular formula is C17H19N9O5S3. The van der Waals surface area contributed by atoms with Gasteiger partial charge in [-0.05, 0) is 22.9 Å². The second kappa shape index (κ2) is 9.59. The maximum atomic E-state index is 13.0.